The van der Waals surface area contributed by atoms with Crippen LogP contribution in [0.2, 0.25) is 0 Å². The fraction of sp³-hybridized carbons (Fsp3) is 0.941. The van der Waals surface area contributed by atoms with Crippen LogP contribution in [0.4, 0.5) is 0 Å². The molecule has 0 aromatic carbocycles. The maximum absolute atomic E-state index is 13.3. The van der Waals surface area contributed by atoms with Gasteiger partial charge in [-0.1, -0.05) is 27.2 Å². The number of carbonyl (C=O) groups excluding carboxylic acids is 1. The Morgan fingerprint density at radius 1 is 1.14 bits per heavy atom. The second kappa shape index (κ2) is 6.25. The van der Waals surface area contributed by atoms with E-state index >= 15 is 0 Å². The summed E-state index contributed by atoms with van der Waals surface area (Å²) in [6, 6.07) is -0.134. The van der Waals surface area contributed by atoms with Crippen LogP contribution in [0.5, 0.6) is 0 Å². The molecule has 1 amide bonds. The van der Waals surface area contributed by atoms with Crippen molar-refractivity contribution >= 4 is 5.91 Å². The molecule has 0 radical (unpaired) electrons. The van der Waals surface area contributed by atoms with Crippen molar-refractivity contribution < 1.29 is 9.44 Å². The van der Waals surface area contributed by atoms with Crippen LogP contribution >= 0.6 is 0 Å². The zero-order valence-corrected chi connectivity index (χ0v) is 14.2. The molecule has 0 unspecified atom stereocenters. The van der Waals surface area contributed by atoms with Crippen molar-refractivity contribution in [3.05, 3.63) is 5.21 Å². The van der Waals surface area contributed by atoms with Crippen molar-refractivity contribution in [2.75, 3.05) is 6.54 Å². The van der Waals surface area contributed by atoms with Crippen LogP contribution in [0, 0.1) is 10.6 Å². The molecule has 2 fully saturated rings. The lowest BCUT2D eigenvalue weighted by Crippen LogP contribution is -2.60. The number of amides is 1. The summed E-state index contributed by atoms with van der Waals surface area (Å²) in [6.45, 7) is 9.02. The lowest BCUT2D eigenvalue weighted by molar-refractivity contribution is -0.909. The van der Waals surface area contributed by atoms with Gasteiger partial charge in [0.25, 0.3) is 5.91 Å². The minimum atomic E-state index is -0.377. The van der Waals surface area contributed by atoms with E-state index in [1.54, 1.807) is 0 Å². The fourth-order valence-corrected chi connectivity index (χ4v) is 3.72. The van der Waals surface area contributed by atoms with Crippen LogP contribution in [0.1, 0.15) is 72.6 Å². The minimum Gasteiger partial charge on any atom is -0.632 e. The largest absolute Gasteiger partial charge is 0.632 e. The summed E-state index contributed by atoms with van der Waals surface area (Å²) in [5.41, 5.74) is 0.0254. The molecule has 122 valence electrons. The Kier molecular flexibility index (Phi) is 4.99. The molecule has 21 heavy (non-hydrogen) atoms. The highest BCUT2D eigenvalue weighted by atomic mass is 16.6. The van der Waals surface area contributed by atoms with Crippen molar-refractivity contribution in [3.63, 3.8) is 0 Å². The third-order valence-electron chi connectivity index (χ3n) is 5.67. The Morgan fingerprint density at radius 3 is 2.33 bits per heavy atom. The molecule has 4 heteroatoms. The zero-order valence-electron chi connectivity index (χ0n) is 14.2. The Morgan fingerprint density at radius 2 is 1.76 bits per heavy atom. The predicted molar refractivity (Wildman–Crippen MR) is 85.4 cm³/mol. The van der Waals surface area contributed by atoms with Crippen molar-refractivity contribution in [3.8, 4) is 0 Å². The topological polar surface area (TPSA) is 52.2 Å². The summed E-state index contributed by atoms with van der Waals surface area (Å²) >= 11 is 0. The zero-order chi connectivity index (χ0) is 15.7. The number of hydroxylamine groups is 3. The molecule has 4 nitrogen and oxygen atoms in total. The first-order valence-corrected chi connectivity index (χ1v) is 8.64. The molecular formula is C17H32N2O2. The molecule has 1 aliphatic heterocycles. The Labute approximate surface area is 129 Å². The van der Waals surface area contributed by atoms with Gasteiger partial charge in [-0.25, -0.2) is 0 Å². The fourth-order valence-electron chi connectivity index (χ4n) is 3.72. The first-order chi connectivity index (χ1) is 9.75. The summed E-state index contributed by atoms with van der Waals surface area (Å²) in [5, 5.41) is 16.4. The van der Waals surface area contributed by atoms with E-state index in [9.17, 15) is 10.0 Å². The Bertz CT molecular complexity index is 371. The maximum Gasteiger partial charge on any atom is 0.278 e. The van der Waals surface area contributed by atoms with E-state index in [-0.39, 0.29) is 34.1 Å². The highest BCUT2D eigenvalue weighted by Gasteiger charge is 2.45. The lowest BCUT2D eigenvalue weighted by atomic mass is 9.87. The molecule has 2 rings (SSSR count). The Balaban J connectivity index is 2.05. The van der Waals surface area contributed by atoms with Crippen LogP contribution in [-0.2, 0) is 4.79 Å². The van der Waals surface area contributed by atoms with Crippen LogP contribution in [0.3, 0.4) is 0 Å². The van der Waals surface area contributed by atoms with Crippen LogP contribution in [0.15, 0.2) is 0 Å². The molecule has 3 atom stereocenters. The van der Waals surface area contributed by atoms with Crippen molar-refractivity contribution in [2.45, 2.75) is 90.8 Å². The quantitative estimate of drug-likeness (QED) is 0.641. The van der Waals surface area contributed by atoms with Crippen LogP contribution < -0.4 is 5.32 Å². The molecule has 1 N–H and O–H groups in total. The second-order valence-corrected chi connectivity index (χ2v) is 8.12. The SMILES string of the molecule is C[C@@H](NC(=O)[C@@H]1CCC[N@@+]1([O-])C1CCCCC1)C(C)(C)C. The average molecular weight is 296 g/mol. The van der Waals surface area contributed by atoms with Crippen LogP contribution in [-0.4, -0.2) is 35.2 Å². The van der Waals surface area contributed by atoms with Crippen molar-refractivity contribution in [1.29, 1.82) is 0 Å². The molecule has 0 aromatic rings. The van der Waals surface area contributed by atoms with Gasteiger partial charge in [-0.3, -0.25) is 4.79 Å². The molecule has 2 aliphatic rings. The molecule has 1 saturated carbocycles. The van der Waals surface area contributed by atoms with Gasteiger partial charge < -0.3 is 15.2 Å². The van der Waals surface area contributed by atoms with E-state index in [1.165, 1.54) is 6.42 Å². The monoisotopic (exact) mass is 296 g/mol. The van der Waals surface area contributed by atoms with Gasteiger partial charge in [0.2, 0.25) is 0 Å². The molecule has 1 aliphatic carbocycles. The summed E-state index contributed by atoms with van der Waals surface area (Å²) in [4.78, 5) is 12.6. The van der Waals surface area contributed by atoms with E-state index in [4.69, 9.17) is 0 Å². The van der Waals surface area contributed by atoms with Gasteiger partial charge in [-0.15, -0.1) is 0 Å². The van der Waals surface area contributed by atoms with Gasteiger partial charge in [0.1, 0.15) is 0 Å². The first kappa shape index (κ1) is 16.8. The molecule has 1 heterocycles. The molecule has 0 spiro atoms. The van der Waals surface area contributed by atoms with Gasteiger partial charge in [0, 0.05) is 18.9 Å². The third kappa shape index (κ3) is 3.59. The van der Waals surface area contributed by atoms with Crippen molar-refractivity contribution in [1.82, 2.24) is 5.32 Å². The van der Waals surface area contributed by atoms with E-state index in [0.717, 1.165) is 38.5 Å². The van der Waals surface area contributed by atoms with Gasteiger partial charge in [0.05, 0.1) is 12.6 Å². The number of hydrogen-bond donors (Lipinski definition) is 1. The molecular weight excluding hydrogens is 264 g/mol. The lowest BCUT2D eigenvalue weighted by Gasteiger charge is -2.51. The second-order valence-electron chi connectivity index (χ2n) is 8.12. The normalized spacial score (nSPS) is 32.9. The third-order valence-corrected chi connectivity index (χ3v) is 5.67. The summed E-state index contributed by atoms with van der Waals surface area (Å²) in [5.74, 6) is -0.0181. The summed E-state index contributed by atoms with van der Waals surface area (Å²) in [7, 11) is 0. The first-order valence-electron chi connectivity index (χ1n) is 8.64. The number of likely N-dealkylation sites (tertiary alicyclic amines) is 1. The van der Waals surface area contributed by atoms with E-state index in [0.29, 0.717) is 6.54 Å². The van der Waals surface area contributed by atoms with E-state index < -0.39 is 0 Å². The van der Waals surface area contributed by atoms with E-state index in [2.05, 4.69) is 26.1 Å². The number of nitrogens with zero attached hydrogens (tertiary/aromatic N) is 1. The maximum atomic E-state index is 13.3. The van der Waals surface area contributed by atoms with E-state index in [1.807, 2.05) is 6.92 Å². The minimum absolute atomic E-state index is 0.0181. The average Bonchev–Trinajstić information content (AvgIpc) is 2.82. The highest BCUT2D eigenvalue weighted by Crippen LogP contribution is 2.36. The van der Waals surface area contributed by atoms with Gasteiger partial charge >= 0.3 is 0 Å². The van der Waals surface area contributed by atoms with Crippen molar-refractivity contribution in [2.24, 2.45) is 5.41 Å². The van der Waals surface area contributed by atoms with Gasteiger partial charge in [0.15, 0.2) is 6.04 Å². The molecule has 1 saturated heterocycles. The number of nitrogens with one attached hydrogen (secondary N) is 1. The standard InChI is InChI=1S/C17H32N2O2/c1-13(17(2,3)4)18-16(20)15-11-8-12-19(15,21)14-9-6-5-7-10-14/h13-15H,5-12H2,1-4H3,(H,18,20)/t13-,15+,19-/m1/s1. The number of rotatable bonds is 3. The highest BCUT2D eigenvalue weighted by molar-refractivity contribution is 5.81. The number of quaternary nitrogens is 1. The van der Waals surface area contributed by atoms with Gasteiger partial charge in [-0.2, -0.15) is 0 Å². The predicted octanol–water partition coefficient (Wildman–Crippen LogP) is 3.35. The van der Waals surface area contributed by atoms with Gasteiger partial charge in [-0.05, 0) is 38.0 Å². The molecule has 0 bridgehead atoms. The summed E-state index contributed by atoms with van der Waals surface area (Å²) < 4.78 is -0.247. The number of carbonyl (C=O) groups is 1. The smallest absolute Gasteiger partial charge is 0.278 e. The summed E-state index contributed by atoms with van der Waals surface area (Å²) in [6.07, 6.45) is 7.20. The number of hydrogen-bond acceptors (Lipinski definition) is 2. The molecule has 0 aromatic heterocycles. The van der Waals surface area contributed by atoms with Crippen LogP contribution in [0.25, 0.3) is 0 Å². The Hall–Kier alpha value is -0.610.